The van der Waals surface area contributed by atoms with Gasteiger partial charge >= 0.3 is 0 Å². The fraction of sp³-hybridized carbons (Fsp3) is 0.412. The molecule has 0 radical (unpaired) electrons. The lowest BCUT2D eigenvalue weighted by Gasteiger charge is -2.12. The molecule has 112 valence electrons. The molecule has 0 saturated heterocycles. The van der Waals surface area contributed by atoms with Gasteiger partial charge in [-0.2, -0.15) is 5.10 Å². The Morgan fingerprint density at radius 2 is 1.86 bits per heavy atom. The lowest BCUT2D eigenvalue weighted by Crippen LogP contribution is -2.08. The van der Waals surface area contributed by atoms with Crippen molar-refractivity contribution >= 4 is 5.78 Å². The molecule has 1 aromatic carbocycles. The summed E-state index contributed by atoms with van der Waals surface area (Å²) < 4.78 is 7.71. The smallest absolute Gasteiger partial charge is 0.159 e. The molecule has 4 nitrogen and oxygen atoms in total. The van der Waals surface area contributed by atoms with Crippen molar-refractivity contribution in [2.24, 2.45) is 0 Å². The van der Waals surface area contributed by atoms with Crippen LogP contribution < -0.4 is 4.74 Å². The zero-order valence-corrected chi connectivity index (χ0v) is 12.9. The van der Waals surface area contributed by atoms with Gasteiger partial charge in [0.2, 0.25) is 0 Å². The third-order valence-corrected chi connectivity index (χ3v) is 3.63. The number of benzene rings is 1. The van der Waals surface area contributed by atoms with E-state index in [2.05, 4.69) is 18.9 Å². The van der Waals surface area contributed by atoms with Crippen LogP contribution in [0.2, 0.25) is 0 Å². The normalized spacial score (nSPS) is 10.9. The Kier molecular flexibility index (Phi) is 5.14. The van der Waals surface area contributed by atoms with Crippen LogP contribution in [0.25, 0.3) is 0 Å². The van der Waals surface area contributed by atoms with E-state index in [0.29, 0.717) is 18.2 Å². The van der Waals surface area contributed by atoms with Gasteiger partial charge in [-0.05, 0) is 50.1 Å². The summed E-state index contributed by atoms with van der Waals surface area (Å²) in [4.78, 5) is 11.2. The Bertz CT molecular complexity index is 583. The fourth-order valence-electron chi connectivity index (χ4n) is 2.26. The number of hydrogen-bond acceptors (Lipinski definition) is 3. The summed E-state index contributed by atoms with van der Waals surface area (Å²) in [5, 5.41) is 4.55. The molecular weight excluding hydrogens is 264 g/mol. The average molecular weight is 286 g/mol. The topological polar surface area (TPSA) is 44.1 Å². The van der Waals surface area contributed by atoms with Crippen LogP contribution in [0.1, 0.15) is 55.7 Å². The molecule has 0 fully saturated rings. The highest BCUT2D eigenvalue weighted by molar-refractivity contribution is 5.94. The molecule has 0 amide bonds. The molecule has 1 heterocycles. The summed E-state index contributed by atoms with van der Waals surface area (Å²) in [6.07, 6.45) is 4.16. The highest BCUT2D eigenvalue weighted by Crippen LogP contribution is 2.17. The number of aromatic nitrogens is 2. The first-order valence-corrected chi connectivity index (χ1v) is 7.41. The van der Waals surface area contributed by atoms with Crippen molar-refractivity contribution < 1.29 is 9.53 Å². The summed E-state index contributed by atoms with van der Waals surface area (Å²) in [5.74, 6) is 0.808. The second-order valence-corrected chi connectivity index (χ2v) is 5.13. The zero-order valence-electron chi connectivity index (χ0n) is 12.9. The molecule has 4 heteroatoms. The van der Waals surface area contributed by atoms with Crippen molar-refractivity contribution in [1.82, 2.24) is 9.78 Å². The van der Waals surface area contributed by atoms with Gasteiger partial charge in [0.05, 0.1) is 11.7 Å². The summed E-state index contributed by atoms with van der Waals surface area (Å²) >= 11 is 0. The SMILES string of the molecule is CCC(CC)n1ccc(COc2ccc(C(C)=O)cc2)n1. The van der Waals surface area contributed by atoms with E-state index in [1.807, 2.05) is 29.1 Å². The predicted octanol–water partition coefficient (Wildman–Crippen LogP) is 4.03. The van der Waals surface area contributed by atoms with Gasteiger partial charge in [0, 0.05) is 11.8 Å². The Morgan fingerprint density at radius 3 is 2.43 bits per heavy atom. The molecule has 0 atom stereocenters. The molecule has 2 aromatic rings. The molecule has 0 aliphatic rings. The fourth-order valence-corrected chi connectivity index (χ4v) is 2.26. The first kappa shape index (κ1) is 15.3. The Hall–Kier alpha value is -2.10. The van der Waals surface area contributed by atoms with E-state index in [1.54, 1.807) is 19.1 Å². The van der Waals surface area contributed by atoms with Crippen molar-refractivity contribution in [2.75, 3.05) is 0 Å². The molecule has 2 rings (SSSR count). The van der Waals surface area contributed by atoms with Crippen LogP contribution >= 0.6 is 0 Å². The minimum atomic E-state index is 0.0606. The summed E-state index contributed by atoms with van der Waals surface area (Å²) in [5.41, 5.74) is 1.61. The van der Waals surface area contributed by atoms with Gasteiger partial charge in [-0.3, -0.25) is 9.48 Å². The second kappa shape index (κ2) is 7.07. The lowest BCUT2D eigenvalue weighted by molar-refractivity contribution is 0.101. The minimum Gasteiger partial charge on any atom is -0.487 e. The monoisotopic (exact) mass is 286 g/mol. The van der Waals surface area contributed by atoms with Crippen LogP contribution in [0, 0.1) is 0 Å². The molecule has 0 bridgehead atoms. The van der Waals surface area contributed by atoms with Gasteiger partial charge in [0.15, 0.2) is 5.78 Å². The van der Waals surface area contributed by atoms with Crippen LogP contribution in [-0.4, -0.2) is 15.6 Å². The van der Waals surface area contributed by atoms with E-state index in [-0.39, 0.29) is 5.78 Å². The van der Waals surface area contributed by atoms with Crippen LogP contribution in [0.5, 0.6) is 5.75 Å². The Morgan fingerprint density at radius 1 is 1.19 bits per heavy atom. The lowest BCUT2D eigenvalue weighted by atomic mass is 10.1. The van der Waals surface area contributed by atoms with Gasteiger partial charge < -0.3 is 4.74 Å². The van der Waals surface area contributed by atoms with Crippen LogP contribution in [-0.2, 0) is 6.61 Å². The molecule has 0 aliphatic heterocycles. The van der Waals surface area contributed by atoms with Gasteiger partial charge in [-0.25, -0.2) is 0 Å². The highest BCUT2D eigenvalue weighted by atomic mass is 16.5. The second-order valence-electron chi connectivity index (χ2n) is 5.13. The molecular formula is C17H22N2O2. The zero-order chi connectivity index (χ0) is 15.2. The molecule has 1 aromatic heterocycles. The maximum atomic E-state index is 11.2. The number of nitrogens with zero attached hydrogens (tertiary/aromatic N) is 2. The summed E-state index contributed by atoms with van der Waals surface area (Å²) in [6.45, 7) is 6.33. The quantitative estimate of drug-likeness (QED) is 0.722. The van der Waals surface area contributed by atoms with Crippen LogP contribution in [0.3, 0.4) is 0 Å². The third kappa shape index (κ3) is 3.94. The number of carbonyl (C=O) groups excluding carboxylic acids is 1. The third-order valence-electron chi connectivity index (χ3n) is 3.63. The van der Waals surface area contributed by atoms with E-state index >= 15 is 0 Å². The predicted molar refractivity (Wildman–Crippen MR) is 82.6 cm³/mol. The number of Topliss-reactive ketones (excluding diaryl/α,β-unsaturated/α-hetero) is 1. The van der Waals surface area contributed by atoms with Gasteiger partial charge in [0.25, 0.3) is 0 Å². The number of carbonyl (C=O) groups is 1. The number of ketones is 1. The first-order valence-electron chi connectivity index (χ1n) is 7.41. The molecule has 0 N–H and O–H groups in total. The van der Waals surface area contributed by atoms with Crippen LogP contribution in [0.15, 0.2) is 36.5 Å². The maximum Gasteiger partial charge on any atom is 0.159 e. The van der Waals surface area contributed by atoms with E-state index < -0.39 is 0 Å². The Labute approximate surface area is 125 Å². The number of rotatable bonds is 7. The Balaban J connectivity index is 1.95. The summed E-state index contributed by atoms with van der Waals surface area (Å²) in [7, 11) is 0. The van der Waals surface area contributed by atoms with E-state index in [9.17, 15) is 4.79 Å². The van der Waals surface area contributed by atoms with Crippen molar-refractivity contribution in [2.45, 2.75) is 46.3 Å². The van der Waals surface area contributed by atoms with Crippen molar-refractivity contribution in [3.63, 3.8) is 0 Å². The van der Waals surface area contributed by atoms with E-state index in [4.69, 9.17) is 4.74 Å². The van der Waals surface area contributed by atoms with Crippen LogP contribution in [0.4, 0.5) is 0 Å². The minimum absolute atomic E-state index is 0.0606. The van der Waals surface area contributed by atoms with Crippen molar-refractivity contribution in [3.05, 3.63) is 47.8 Å². The van der Waals surface area contributed by atoms with Gasteiger partial charge in [0.1, 0.15) is 12.4 Å². The molecule has 0 spiro atoms. The molecule has 0 aliphatic carbocycles. The first-order chi connectivity index (χ1) is 10.1. The van der Waals surface area contributed by atoms with E-state index in [0.717, 1.165) is 24.3 Å². The van der Waals surface area contributed by atoms with Crippen molar-refractivity contribution in [1.29, 1.82) is 0 Å². The molecule has 0 unspecified atom stereocenters. The number of hydrogen-bond donors (Lipinski definition) is 0. The van der Waals surface area contributed by atoms with Gasteiger partial charge in [-0.1, -0.05) is 13.8 Å². The molecule has 0 saturated carbocycles. The summed E-state index contributed by atoms with van der Waals surface area (Å²) in [6, 6.07) is 9.63. The number of ether oxygens (including phenoxy) is 1. The molecule has 21 heavy (non-hydrogen) atoms. The van der Waals surface area contributed by atoms with Gasteiger partial charge in [-0.15, -0.1) is 0 Å². The average Bonchev–Trinajstić information content (AvgIpc) is 2.96. The standard InChI is InChI=1S/C17H22N2O2/c1-4-16(5-2)19-11-10-15(18-19)12-21-17-8-6-14(7-9-17)13(3)20/h6-11,16H,4-5,12H2,1-3H3. The van der Waals surface area contributed by atoms with Crippen molar-refractivity contribution in [3.8, 4) is 5.75 Å². The highest BCUT2D eigenvalue weighted by Gasteiger charge is 2.08. The largest absolute Gasteiger partial charge is 0.487 e. The maximum absolute atomic E-state index is 11.2. The van der Waals surface area contributed by atoms with E-state index in [1.165, 1.54) is 0 Å².